The second kappa shape index (κ2) is 25.9. The van der Waals surface area contributed by atoms with Gasteiger partial charge in [0.15, 0.2) is 107 Å². The number of hydrogen-bond acceptors (Lipinski definition) is 2. The topological polar surface area (TPSA) is 40.1 Å². The Labute approximate surface area is 505 Å². The first-order chi connectivity index (χ1) is 42.5. The van der Waals surface area contributed by atoms with Crippen LogP contribution in [0, 0.1) is 69.8 Å². The Morgan fingerprint density at radius 1 is 0.341 bits per heavy atom. The Morgan fingerprint density at radius 2 is 0.593 bits per heavy atom. The zero-order valence-corrected chi connectivity index (χ0v) is 47.5. The summed E-state index contributed by atoms with van der Waals surface area (Å²) in [6, 6.07) is 36.1. The Morgan fingerprint density at radius 3 is 0.890 bits per heavy atom. The van der Waals surface area contributed by atoms with E-state index in [1.807, 2.05) is 78.9 Å². The minimum absolute atomic E-state index is 0.0462. The number of benzene rings is 9. The predicted octanol–water partition coefficient (Wildman–Crippen LogP) is 19.7. The standard InChI is InChI=1S/C28H8BF20.C19H13OS.C13H11OS2.BF4/c30-13-5-1-9(17(34)21(13)38)25(42,43)29(26(44,45)10-2-6-14(31)22(39)18(10)35,27(46,47)11-3-7-15(32)23(40)19(11)36)28(48,49)12-4-8-16(33)24(41)20(12)37;20-19-15-10-4-6-12-17(15)21(14-8-2-1-3-9-14)18-13-7-5-11-16(18)19;1-15-10-6-2-4-8-12(10)16(14)13-9-5-3-7-11(13)15;2-1(3,4)5/h1-8H;1-13H;2-9H,1H3;/q-1;2*+1;-1. The number of halogens is 24. The molecule has 10 aromatic rings. The number of hydrogen-bond donors (Lipinski definition) is 0. The number of alkyl halides is 8. The van der Waals surface area contributed by atoms with Crippen LogP contribution >= 0.6 is 10.5 Å². The van der Waals surface area contributed by atoms with Crippen molar-refractivity contribution < 1.29 is 110 Å². The van der Waals surface area contributed by atoms with E-state index in [4.69, 9.17) is 0 Å². The molecule has 2 nitrogen and oxygen atoms in total. The summed E-state index contributed by atoms with van der Waals surface area (Å²) < 4.78 is 358. The van der Waals surface area contributed by atoms with Crippen LogP contribution in [0.1, 0.15) is 22.3 Å². The smallest absolute Gasteiger partial charge is 0.606 e. The molecule has 0 amide bonds. The SMILES string of the molecule is C[S+]1c2ccccc2[S+]([O-])c2ccccc21.F[B-](F)(F)F.Fc1ccc(C(F)(F)[B-](C(F)(F)c2ccc(F)c(F)c2F)(C(F)(F)c2ccc(F)c(F)c2F)C(F)(F)c2ccc(F)c(F)c2F)c(F)c1F.O=c1c2ccccc2[s+](-c2ccccc2)c2ccccc12. The van der Waals surface area contributed by atoms with E-state index in [-0.39, 0.29) is 26.8 Å². The molecular weight excluding hydrogens is 1330 g/mol. The van der Waals surface area contributed by atoms with Crippen LogP contribution in [0.2, 0.25) is 0 Å². The van der Waals surface area contributed by atoms with Gasteiger partial charge in [-0.1, -0.05) is 91.0 Å². The third-order valence-corrected chi connectivity index (χ3v) is 20.3. The van der Waals surface area contributed by atoms with E-state index in [2.05, 4.69) is 54.8 Å². The lowest BCUT2D eigenvalue weighted by molar-refractivity contribution is -0.0917. The van der Waals surface area contributed by atoms with Crippen LogP contribution in [-0.4, -0.2) is 24.2 Å². The highest BCUT2D eigenvalue weighted by atomic mass is 32.2. The van der Waals surface area contributed by atoms with Gasteiger partial charge in [-0.25, -0.2) is 87.8 Å². The van der Waals surface area contributed by atoms with Crippen molar-refractivity contribution in [3.8, 4) is 4.90 Å². The lowest BCUT2D eigenvalue weighted by Gasteiger charge is -2.58. The quantitative estimate of drug-likeness (QED) is 0.0475. The largest absolute Gasteiger partial charge is 0.673 e. The van der Waals surface area contributed by atoms with Gasteiger partial charge in [0, 0.05) is 43.9 Å². The molecule has 1 aliphatic heterocycles. The van der Waals surface area contributed by atoms with Crippen LogP contribution in [-0.2, 0) is 45.4 Å². The van der Waals surface area contributed by atoms with Crippen molar-refractivity contribution in [2.24, 2.45) is 0 Å². The maximum atomic E-state index is 16.7. The predicted molar refractivity (Wildman–Crippen MR) is 296 cm³/mol. The summed E-state index contributed by atoms with van der Waals surface area (Å²) in [7, 11) is -6.15. The fraction of sp³-hybridized carbons (Fsp3) is 0.0833. The maximum Gasteiger partial charge on any atom is 0.673 e. The van der Waals surface area contributed by atoms with Gasteiger partial charge in [0.05, 0.1) is 21.7 Å². The van der Waals surface area contributed by atoms with E-state index in [1.165, 1.54) is 14.7 Å². The van der Waals surface area contributed by atoms with E-state index in [0.717, 1.165) is 30.0 Å². The molecule has 0 atom stereocenters. The molecule has 476 valence electrons. The van der Waals surface area contributed by atoms with Crippen molar-refractivity contribution in [3.63, 3.8) is 0 Å². The van der Waals surface area contributed by atoms with Gasteiger partial charge in [-0.2, -0.15) is 0 Å². The minimum atomic E-state index is -9.00. The zero-order valence-electron chi connectivity index (χ0n) is 45.0. The average Bonchev–Trinajstić information content (AvgIpc) is 0.662. The molecular formula is C60H32B2F24O2S3. The van der Waals surface area contributed by atoms with Crippen LogP contribution in [0.4, 0.5) is 105 Å². The molecule has 0 saturated carbocycles. The Balaban J connectivity index is 0.000000203. The number of fused-ring (bicyclic) bond motifs is 4. The summed E-state index contributed by atoms with van der Waals surface area (Å²) in [4.78, 5) is 18.3. The third kappa shape index (κ3) is 12.1. The maximum absolute atomic E-state index is 16.7. The fourth-order valence-electron chi connectivity index (χ4n) is 10.1. The number of rotatable bonds is 9. The minimum Gasteiger partial charge on any atom is -0.606 e. The second-order valence-electron chi connectivity index (χ2n) is 19.4. The highest BCUT2D eigenvalue weighted by Gasteiger charge is 2.86. The monoisotopic (exact) mass is 1360 g/mol. The van der Waals surface area contributed by atoms with Crippen molar-refractivity contribution in [2.45, 2.75) is 42.9 Å². The third-order valence-electron chi connectivity index (χ3n) is 14.2. The first kappa shape index (κ1) is 68.9. The van der Waals surface area contributed by atoms with Gasteiger partial charge in [-0.3, -0.25) is 4.79 Å². The van der Waals surface area contributed by atoms with E-state index in [0.29, 0.717) is 0 Å². The van der Waals surface area contributed by atoms with Crippen LogP contribution in [0.15, 0.2) is 200 Å². The molecule has 91 heavy (non-hydrogen) atoms. The fourth-order valence-corrected chi connectivity index (χ4v) is 16.4. The molecule has 0 saturated heterocycles. The van der Waals surface area contributed by atoms with E-state index in [1.54, 1.807) is 0 Å². The van der Waals surface area contributed by atoms with Crippen molar-refractivity contribution in [1.82, 2.24) is 0 Å². The first-order valence-electron chi connectivity index (χ1n) is 25.4. The molecule has 0 aliphatic carbocycles. The lowest BCUT2D eigenvalue weighted by Crippen LogP contribution is -2.79. The van der Waals surface area contributed by atoms with E-state index in [9.17, 15) is 79.3 Å². The van der Waals surface area contributed by atoms with Gasteiger partial charge in [-0.05, 0) is 84.9 Å². The lowest BCUT2D eigenvalue weighted by atomic mass is 9.08. The Bertz CT molecular complexity index is 4010. The molecule has 0 radical (unpaired) electrons. The van der Waals surface area contributed by atoms with Crippen molar-refractivity contribution >= 4 is 66.1 Å². The molecule has 0 unspecified atom stereocenters. The highest BCUT2D eigenvalue weighted by Crippen LogP contribution is 2.68. The van der Waals surface area contributed by atoms with Crippen LogP contribution in [0.3, 0.4) is 0 Å². The summed E-state index contributed by atoms with van der Waals surface area (Å²) in [5.74, 6) is -66.7. The molecule has 1 aromatic heterocycles. The molecule has 9 aromatic carbocycles. The molecule has 11 rings (SSSR count). The summed E-state index contributed by atoms with van der Waals surface area (Å²) in [5.41, 5.74) is -13.6. The summed E-state index contributed by atoms with van der Waals surface area (Å²) in [5, 5.41) is 1.67. The molecule has 0 N–H and O–H groups in total. The van der Waals surface area contributed by atoms with Gasteiger partial charge in [0.1, 0.15) is 6.26 Å². The van der Waals surface area contributed by atoms with Crippen LogP contribution in [0.5, 0.6) is 0 Å². The van der Waals surface area contributed by atoms with E-state index >= 15 is 35.1 Å². The van der Waals surface area contributed by atoms with Crippen LogP contribution < -0.4 is 5.43 Å². The van der Waals surface area contributed by atoms with Gasteiger partial charge in [-0.15, -0.1) is 0 Å². The second-order valence-corrected chi connectivity index (χ2v) is 24.6. The van der Waals surface area contributed by atoms with Crippen molar-refractivity contribution in [3.05, 3.63) is 278 Å². The molecule has 0 fully saturated rings. The summed E-state index contributed by atoms with van der Waals surface area (Å²) in [6.07, 6.45) is -6.79. The summed E-state index contributed by atoms with van der Waals surface area (Å²) in [6.45, 7) is 0. The van der Waals surface area contributed by atoms with Gasteiger partial charge in [0.2, 0.25) is 25.0 Å². The summed E-state index contributed by atoms with van der Waals surface area (Å²) >= 11 is -1.00. The van der Waals surface area contributed by atoms with Gasteiger partial charge < -0.3 is 21.8 Å². The highest BCUT2D eigenvalue weighted by molar-refractivity contribution is 8.00. The van der Waals surface area contributed by atoms with Crippen molar-refractivity contribution in [1.29, 1.82) is 0 Å². The van der Waals surface area contributed by atoms with Crippen LogP contribution in [0.25, 0.3) is 25.1 Å². The Kier molecular flexibility index (Phi) is 19.6. The van der Waals surface area contributed by atoms with E-state index < -0.39 is 188 Å². The molecule has 0 bridgehead atoms. The normalized spacial score (nSPS) is 14.3. The van der Waals surface area contributed by atoms with Gasteiger partial charge in [0.25, 0.3) is 0 Å². The molecule has 2 heterocycles. The molecule has 1 aliphatic rings. The molecule has 31 heteroatoms. The zero-order chi connectivity index (χ0) is 67.2. The molecule has 0 spiro atoms. The van der Waals surface area contributed by atoms with Crippen molar-refractivity contribution in [2.75, 3.05) is 6.26 Å². The van der Waals surface area contributed by atoms with Gasteiger partial charge >= 0.3 is 13.4 Å². The Hall–Kier alpha value is -8.02. The average molecular weight is 1360 g/mol. The first-order valence-corrected chi connectivity index (χ1v) is 29.4.